The Labute approximate surface area is 135 Å². The number of nitrogens with zero attached hydrogens (tertiary/aromatic N) is 1. The van der Waals surface area contributed by atoms with Crippen LogP contribution in [0.2, 0.25) is 5.02 Å². The Bertz CT molecular complexity index is 373. The molecule has 0 saturated carbocycles. The van der Waals surface area contributed by atoms with Crippen molar-refractivity contribution in [2.45, 2.75) is 52.0 Å². The van der Waals surface area contributed by atoms with Gasteiger partial charge < -0.3 is 10.2 Å². The summed E-state index contributed by atoms with van der Waals surface area (Å²) in [5.41, 5.74) is 1.22. The van der Waals surface area contributed by atoms with E-state index >= 15 is 0 Å². The van der Waals surface area contributed by atoms with Gasteiger partial charge >= 0.3 is 0 Å². The Morgan fingerprint density at radius 1 is 1.05 bits per heavy atom. The van der Waals surface area contributed by atoms with E-state index < -0.39 is 0 Å². The second-order valence-electron chi connectivity index (χ2n) is 5.70. The standard InChI is InChI=1S/C18H31ClN2/c1-4-6-13-21(14-7-5-2)15-12-18(20-3)16-10-8-9-11-17(16)19/h8-11,18,20H,4-7,12-15H2,1-3H3. The minimum absolute atomic E-state index is 0.337. The Balaban J connectivity index is 2.56. The first-order valence-electron chi connectivity index (χ1n) is 8.36. The molecule has 0 amide bonds. The van der Waals surface area contributed by atoms with E-state index in [4.69, 9.17) is 11.6 Å². The first-order chi connectivity index (χ1) is 10.2. The van der Waals surface area contributed by atoms with Crippen molar-refractivity contribution in [2.24, 2.45) is 0 Å². The molecule has 1 aromatic rings. The van der Waals surface area contributed by atoms with Gasteiger partial charge in [0, 0.05) is 11.1 Å². The van der Waals surface area contributed by atoms with Crippen molar-refractivity contribution < 1.29 is 0 Å². The zero-order valence-electron chi connectivity index (χ0n) is 13.9. The largest absolute Gasteiger partial charge is 0.313 e. The fourth-order valence-electron chi connectivity index (χ4n) is 2.62. The highest BCUT2D eigenvalue weighted by atomic mass is 35.5. The van der Waals surface area contributed by atoms with Crippen molar-refractivity contribution in [3.63, 3.8) is 0 Å². The molecule has 0 radical (unpaired) electrons. The third-order valence-electron chi connectivity index (χ3n) is 4.02. The quantitative estimate of drug-likeness (QED) is 0.626. The average Bonchev–Trinajstić information content (AvgIpc) is 2.51. The van der Waals surface area contributed by atoms with Crippen molar-refractivity contribution in [3.8, 4) is 0 Å². The smallest absolute Gasteiger partial charge is 0.0453 e. The highest BCUT2D eigenvalue weighted by Gasteiger charge is 2.14. The lowest BCUT2D eigenvalue weighted by Gasteiger charge is -2.25. The van der Waals surface area contributed by atoms with Crippen molar-refractivity contribution in [1.29, 1.82) is 0 Å². The molecule has 0 aliphatic heterocycles. The van der Waals surface area contributed by atoms with Crippen LogP contribution in [-0.4, -0.2) is 31.6 Å². The molecule has 0 bridgehead atoms. The van der Waals surface area contributed by atoms with E-state index in [1.165, 1.54) is 44.3 Å². The van der Waals surface area contributed by atoms with Gasteiger partial charge in [-0.25, -0.2) is 0 Å². The maximum absolute atomic E-state index is 6.33. The molecule has 1 rings (SSSR count). The maximum atomic E-state index is 6.33. The van der Waals surface area contributed by atoms with Crippen LogP contribution in [0.4, 0.5) is 0 Å². The molecule has 0 saturated heterocycles. The molecule has 1 N–H and O–H groups in total. The predicted octanol–water partition coefficient (Wildman–Crippen LogP) is 4.89. The Morgan fingerprint density at radius 2 is 1.67 bits per heavy atom. The molecular formula is C18H31ClN2. The molecule has 3 heteroatoms. The average molecular weight is 311 g/mol. The molecule has 0 aliphatic carbocycles. The summed E-state index contributed by atoms with van der Waals surface area (Å²) >= 11 is 6.33. The molecule has 0 aliphatic rings. The van der Waals surface area contributed by atoms with Crippen molar-refractivity contribution >= 4 is 11.6 Å². The van der Waals surface area contributed by atoms with Crippen LogP contribution >= 0.6 is 11.6 Å². The monoisotopic (exact) mass is 310 g/mol. The minimum atomic E-state index is 0.337. The van der Waals surface area contributed by atoms with Crippen molar-refractivity contribution in [2.75, 3.05) is 26.7 Å². The fraction of sp³-hybridized carbons (Fsp3) is 0.667. The highest BCUT2D eigenvalue weighted by Crippen LogP contribution is 2.25. The lowest BCUT2D eigenvalue weighted by Crippen LogP contribution is -2.30. The molecule has 1 aromatic carbocycles. The van der Waals surface area contributed by atoms with E-state index in [0.29, 0.717) is 6.04 Å². The number of nitrogens with one attached hydrogen (secondary N) is 1. The third kappa shape index (κ3) is 6.82. The van der Waals surface area contributed by atoms with Gasteiger partial charge in [-0.3, -0.25) is 0 Å². The van der Waals surface area contributed by atoms with Crippen LogP contribution in [0.25, 0.3) is 0 Å². The van der Waals surface area contributed by atoms with Gasteiger partial charge in [0.05, 0.1) is 0 Å². The number of hydrogen-bond donors (Lipinski definition) is 1. The molecule has 120 valence electrons. The zero-order chi connectivity index (χ0) is 15.5. The number of halogens is 1. The molecule has 1 unspecified atom stereocenters. The second-order valence-corrected chi connectivity index (χ2v) is 6.11. The summed E-state index contributed by atoms with van der Waals surface area (Å²) in [6.45, 7) is 8.10. The summed E-state index contributed by atoms with van der Waals surface area (Å²) in [5, 5.41) is 4.28. The third-order valence-corrected chi connectivity index (χ3v) is 4.36. The Kier molecular flexibility index (Phi) is 9.73. The van der Waals surface area contributed by atoms with E-state index in [1.807, 2.05) is 19.2 Å². The van der Waals surface area contributed by atoms with Crippen molar-refractivity contribution in [1.82, 2.24) is 10.2 Å². The van der Waals surface area contributed by atoms with Gasteiger partial charge in [0.2, 0.25) is 0 Å². The topological polar surface area (TPSA) is 15.3 Å². The van der Waals surface area contributed by atoms with Crippen LogP contribution in [-0.2, 0) is 0 Å². The summed E-state index contributed by atoms with van der Waals surface area (Å²) in [4.78, 5) is 2.61. The van der Waals surface area contributed by atoms with Gasteiger partial charge in [0.15, 0.2) is 0 Å². The van der Waals surface area contributed by atoms with Gasteiger partial charge in [-0.1, -0.05) is 56.5 Å². The highest BCUT2D eigenvalue weighted by molar-refractivity contribution is 6.31. The van der Waals surface area contributed by atoms with E-state index in [9.17, 15) is 0 Å². The fourth-order valence-corrected chi connectivity index (χ4v) is 2.89. The molecule has 0 spiro atoms. The first-order valence-corrected chi connectivity index (χ1v) is 8.74. The number of unbranched alkanes of at least 4 members (excludes halogenated alkanes) is 2. The zero-order valence-corrected chi connectivity index (χ0v) is 14.6. The number of rotatable bonds is 11. The maximum Gasteiger partial charge on any atom is 0.0453 e. The molecule has 21 heavy (non-hydrogen) atoms. The van der Waals surface area contributed by atoms with E-state index in [1.54, 1.807) is 0 Å². The van der Waals surface area contributed by atoms with Gasteiger partial charge in [-0.05, 0) is 57.6 Å². The molecule has 0 heterocycles. The van der Waals surface area contributed by atoms with Gasteiger partial charge in [0.1, 0.15) is 0 Å². The van der Waals surface area contributed by atoms with Crippen molar-refractivity contribution in [3.05, 3.63) is 34.9 Å². The van der Waals surface area contributed by atoms with E-state index in [-0.39, 0.29) is 0 Å². The second kappa shape index (κ2) is 11.1. The van der Waals surface area contributed by atoms with E-state index in [0.717, 1.165) is 18.0 Å². The molecule has 0 fully saturated rings. The van der Waals surface area contributed by atoms with Gasteiger partial charge in [-0.15, -0.1) is 0 Å². The molecule has 1 atom stereocenters. The van der Waals surface area contributed by atoms with Crippen LogP contribution < -0.4 is 5.32 Å². The van der Waals surface area contributed by atoms with Gasteiger partial charge in [0.25, 0.3) is 0 Å². The first kappa shape index (κ1) is 18.5. The summed E-state index contributed by atoms with van der Waals surface area (Å²) < 4.78 is 0. The van der Waals surface area contributed by atoms with Gasteiger partial charge in [-0.2, -0.15) is 0 Å². The lowest BCUT2D eigenvalue weighted by molar-refractivity contribution is 0.251. The lowest BCUT2D eigenvalue weighted by atomic mass is 10.0. The molecule has 2 nitrogen and oxygen atoms in total. The predicted molar refractivity (Wildman–Crippen MR) is 94.1 cm³/mol. The number of hydrogen-bond acceptors (Lipinski definition) is 2. The summed E-state index contributed by atoms with van der Waals surface area (Å²) in [5.74, 6) is 0. The molecule has 0 aromatic heterocycles. The van der Waals surface area contributed by atoms with Crippen LogP contribution in [0.5, 0.6) is 0 Å². The number of benzene rings is 1. The summed E-state index contributed by atoms with van der Waals surface area (Å²) in [7, 11) is 2.02. The Hall–Kier alpha value is -0.570. The SMILES string of the molecule is CCCCN(CCCC)CCC(NC)c1ccccc1Cl. The van der Waals surface area contributed by atoms with Crippen LogP contribution in [0.3, 0.4) is 0 Å². The minimum Gasteiger partial charge on any atom is -0.313 e. The Morgan fingerprint density at radius 3 is 2.19 bits per heavy atom. The van der Waals surface area contributed by atoms with Crippen LogP contribution in [0, 0.1) is 0 Å². The molecular weight excluding hydrogens is 280 g/mol. The summed E-state index contributed by atoms with van der Waals surface area (Å²) in [6.07, 6.45) is 6.22. The normalized spacial score (nSPS) is 12.8. The summed E-state index contributed by atoms with van der Waals surface area (Å²) in [6, 6.07) is 8.51. The van der Waals surface area contributed by atoms with E-state index in [2.05, 4.69) is 36.2 Å². The van der Waals surface area contributed by atoms with Crippen LogP contribution in [0.15, 0.2) is 24.3 Å². The van der Waals surface area contributed by atoms with Crippen LogP contribution in [0.1, 0.15) is 57.6 Å².